The predicted molar refractivity (Wildman–Crippen MR) is 530 cm³/mol. The fraction of sp³-hybridized carbons (Fsp3) is 0.394. The molecule has 0 bridgehead atoms. The molecule has 0 spiro atoms. The number of carbonyl (C=O) groups is 7. The van der Waals surface area contributed by atoms with E-state index in [4.69, 9.17) is 193 Å². The highest BCUT2D eigenvalue weighted by Gasteiger charge is 2.24. The smallest absolute Gasteiger partial charge is 0.347 e. The molecule has 0 amide bonds. The third kappa shape index (κ3) is 54.2. The van der Waals surface area contributed by atoms with Crippen LogP contribution in [0.2, 0.25) is 40.2 Å². The van der Waals surface area contributed by atoms with Gasteiger partial charge in [0.05, 0.1) is 116 Å². The van der Waals surface area contributed by atoms with Gasteiger partial charge in [-0.3, -0.25) is 14.4 Å². The number of nitrogens with one attached hydrogen (secondary N) is 1. The number of carbonyl (C=O) groups excluding carboxylic acids is 7. The quantitative estimate of drug-likeness (QED) is 0.00823. The summed E-state index contributed by atoms with van der Waals surface area (Å²) in [6.45, 7) is 26.3. The number of nitrogens with two attached hydrogens (primary N) is 1. The molecule has 7 atom stereocenters. The number of halogens is 8. The molecule has 8 aromatic rings. The van der Waals surface area contributed by atoms with Gasteiger partial charge >= 0.3 is 23.9 Å². The van der Waals surface area contributed by atoms with E-state index < -0.39 is 48.3 Å². The van der Waals surface area contributed by atoms with Crippen molar-refractivity contribution in [1.29, 1.82) is 15.8 Å². The van der Waals surface area contributed by atoms with Crippen LogP contribution in [-0.2, 0) is 73.3 Å². The zero-order valence-electron chi connectivity index (χ0n) is 78.4. The zero-order valence-corrected chi connectivity index (χ0v) is 84.4. The highest BCUT2D eigenvalue weighted by atomic mass is 35.5. The van der Waals surface area contributed by atoms with Crippen molar-refractivity contribution in [3.05, 3.63) is 243 Å². The van der Waals surface area contributed by atoms with E-state index in [1.165, 1.54) is 32.1 Å². The predicted octanol–water partition coefficient (Wildman–Crippen LogP) is 21.2. The summed E-state index contributed by atoms with van der Waals surface area (Å²) >= 11 is 47.1. The second-order valence-electron chi connectivity index (χ2n) is 28.7. The third-order valence-electron chi connectivity index (χ3n) is 16.4. The maximum atomic E-state index is 11.5. The van der Waals surface area contributed by atoms with E-state index in [0.717, 1.165) is 47.9 Å². The largest absolute Gasteiger partial charge is 0.677 e. The van der Waals surface area contributed by atoms with Crippen LogP contribution in [0.5, 0.6) is 46.0 Å². The number of rotatable bonds is 37. The molecule has 0 aromatic heterocycles. The fourth-order valence-electron chi connectivity index (χ4n) is 9.79. The summed E-state index contributed by atoms with van der Waals surface area (Å²) in [6.07, 6.45) is 5.13. The number of nitrogens with zero attached hydrogens (tertiary/aromatic N) is 3. The molecule has 0 heterocycles. The Balaban J connectivity index is 0. The van der Waals surface area contributed by atoms with Crippen molar-refractivity contribution in [3.8, 4) is 64.2 Å². The van der Waals surface area contributed by atoms with Gasteiger partial charge in [-0.1, -0.05) is 184 Å². The maximum Gasteiger partial charge on any atom is 0.347 e. The summed E-state index contributed by atoms with van der Waals surface area (Å²) in [5, 5.41) is 82.2. The minimum atomic E-state index is -0.991. The van der Waals surface area contributed by atoms with Gasteiger partial charge in [0, 0.05) is 24.5 Å². The molecular weight excluding hydrogens is 1930 g/mol. The van der Waals surface area contributed by atoms with Crippen molar-refractivity contribution in [2.75, 3.05) is 59.3 Å². The van der Waals surface area contributed by atoms with E-state index in [-0.39, 0.29) is 89.8 Å². The highest BCUT2D eigenvalue weighted by Crippen LogP contribution is 2.37. The van der Waals surface area contributed by atoms with Crippen molar-refractivity contribution in [1.82, 2.24) is 0 Å². The Morgan fingerprint density at radius 2 is 0.728 bits per heavy atom. The van der Waals surface area contributed by atoms with E-state index >= 15 is 0 Å². The number of para-hydroxylation sites is 8. The van der Waals surface area contributed by atoms with Crippen LogP contribution in [0.15, 0.2) is 158 Å². The number of ether oxygens (including phenoxy) is 11. The van der Waals surface area contributed by atoms with Gasteiger partial charge in [-0.2, -0.15) is 22.3 Å². The number of aliphatic hydroxyl groups excluding tert-OH is 4. The number of phenolic OH excluding ortho intramolecular Hbond substituents is 2. The lowest BCUT2D eigenvalue weighted by molar-refractivity contribution is -0.152. The standard InChI is InChI=1S/C14H16ClNO3.C14H14ClNO3.C12H18ClNO2.C12H17ClNO2.C12H14ClNO2.C12H13ClO4.C7H5ClO2.C6H5ClO.C5H10O3.C5H10O2/c2*1-3-18-14(17)10(2)19-13-11(7-5-9-16)6-4-8-12(13)15;3*1-9(8-15)16-12-10(5-3-7-14)4-2-6-11(12)13;1-3-16-12(15)8(2)17-11-9(7-14)5-4-6-10(11)13;8-6-3-1-2-5(4-9)7(6)10;7-5-3-1-2-4-6(5)8;1-3-8-5(7)4(2)6;1-5(2,3)7-4-6/h4,6,8,10H,3,5,7H2,1-2H3;4-8,10H,3H2,1-2H3;2,4,6,9,15H,3,5,7-8,14H2,1H3;2,4,6,9,14-15H,3,5,7-8H2,1H3;2,4,6,9,15H,3,5,8H2,1H3;4-8H,3H2,1-2H3;1-4,10H;1-4,8H;4,6H,3H2,1-2H3;4H,1-3H3/q;;;-1;;;;;;/b;7-5+;;;;;;;;/t2*10-;3*9-;8-;;;4-;/m111111..0./s1. The second-order valence-corrected chi connectivity index (χ2v) is 32.0. The van der Waals surface area contributed by atoms with Crippen molar-refractivity contribution in [3.63, 3.8) is 0 Å². The van der Waals surface area contributed by atoms with E-state index in [2.05, 4.69) is 21.6 Å². The number of aryl methyl sites for hydroxylation is 4. The first kappa shape index (κ1) is 127. The van der Waals surface area contributed by atoms with Crippen LogP contribution in [0.1, 0.15) is 171 Å². The average molecular weight is 2050 g/mol. The number of aldehydes is 2. The van der Waals surface area contributed by atoms with Gasteiger partial charge in [0.15, 0.2) is 30.9 Å². The monoisotopic (exact) mass is 2040 g/mol. The molecule has 0 aliphatic carbocycles. The molecule has 0 fully saturated rings. The van der Waals surface area contributed by atoms with Crippen molar-refractivity contribution >= 4 is 142 Å². The second kappa shape index (κ2) is 75.3. The molecule has 9 N–H and O–H groups in total. The average Bonchev–Trinajstić information content (AvgIpc) is 0.856. The number of nitriles is 3. The van der Waals surface area contributed by atoms with Crippen molar-refractivity contribution in [2.24, 2.45) is 5.73 Å². The number of benzene rings is 8. The number of aromatic hydroxyl groups is 2. The summed E-state index contributed by atoms with van der Waals surface area (Å²) in [4.78, 5) is 75.3. The normalized spacial score (nSPS) is 11.6. The molecule has 29 nitrogen and oxygen atoms in total. The van der Waals surface area contributed by atoms with Crippen LogP contribution in [0, 0.1) is 34.0 Å². The van der Waals surface area contributed by atoms with E-state index in [9.17, 15) is 33.6 Å². The van der Waals surface area contributed by atoms with Crippen molar-refractivity contribution in [2.45, 2.75) is 197 Å². The highest BCUT2D eigenvalue weighted by molar-refractivity contribution is 6.34. The van der Waals surface area contributed by atoms with Crippen molar-refractivity contribution < 1.29 is 116 Å². The Morgan fingerprint density at radius 3 is 1.01 bits per heavy atom. The van der Waals surface area contributed by atoms with Crippen LogP contribution in [-0.4, -0.2) is 181 Å². The van der Waals surface area contributed by atoms with Gasteiger partial charge in [-0.15, -0.1) is 0 Å². The molecule has 0 saturated heterocycles. The van der Waals surface area contributed by atoms with E-state index in [0.29, 0.717) is 141 Å². The van der Waals surface area contributed by atoms with Gasteiger partial charge in [0.2, 0.25) is 0 Å². The molecule has 0 aliphatic heterocycles. The number of hydrogen-bond acceptors (Lipinski definition) is 28. The lowest BCUT2D eigenvalue weighted by atomic mass is 10.1. The fourth-order valence-corrected chi connectivity index (χ4v) is 11.5. The number of allylic oxidation sites excluding steroid dienone is 1. The summed E-state index contributed by atoms with van der Waals surface area (Å²) in [7, 11) is 0. The lowest BCUT2D eigenvalue weighted by Gasteiger charge is -2.17. The van der Waals surface area contributed by atoms with Crippen LogP contribution < -0.4 is 34.2 Å². The lowest BCUT2D eigenvalue weighted by Crippen LogP contribution is -2.26. The molecule has 744 valence electrons. The summed E-state index contributed by atoms with van der Waals surface area (Å²) in [5.41, 5.74) is 17.2. The SMILES string of the molecule is CC(C)(C)OC=O.CCOC(=O)[C@@H](C)Oc1c(Cl)cccc1/C=C/C#N.CCOC(=O)[C@@H](C)Oc1c(Cl)cccc1C=O.CCOC(=O)[C@@H](C)Oc1c(Cl)cccc1CCC#N.CCOC(=O)[C@H](C)O.C[C@H](CO)Oc1c(Cl)cccc1CCC#N.C[C@H](CO)Oc1c(Cl)cccc1CCCN.C[C@H](CO)Oc1c(Cl)cccc1CCC[NH-].O=Cc1cccc(Cl)c1O.Oc1ccccc1Cl. The van der Waals surface area contributed by atoms with Crippen LogP contribution in [0.3, 0.4) is 0 Å². The Hall–Kier alpha value is -10.9. The third-order valence-corrected chi connectivity index (χ3v) is 18.8. The summed E-state index contributed by atoms with van der Waals surface area (Å²) in [5.74, 6) is 0.900. The zero-order chi connectivity index (χ0) is 103. The number of phenols is 2. The number of esters is 4. The molecular formula is C99H122Cl8N5O24-. The van der Waals surface area contributed by atoms with E-state index in [1.54, 1.807) is 165 Å². The van der Waals surface area contributed by atoms with Gasteiger partial charge in [0.25, 0.3) is 6.47 Å². The molecule has 8 rings (SSSR count). The van der Waals surface area contributed by atoms with Gasteiger partial charge < -0.3 is 94.2 Å². The molecule has 0 unspecified atom stereocenters. The first-order valence-electron chi connectivity index (χ1n) is 42.6. The Morgan fingerprint density at radius 1 is 0.419 bits per heavy atom. The minimum absolute atomic E-state index is 0.0262. The number of aliphatic hydroxyl groups is 4. The van der Waals surface area contributed by atoms with Crippen LogP contribution in [0.4, 0.5) is 0 Å². The molecule has 0 radical (unpaired) electrons. The van der Waals surface area contributed by atoms with Gasteiger partial charge in [-0.25, -0.2) is 19.2 Å². The maximum absolute atomic E-state index is 11.5. The van der Waals surface area contributed by atoms with Crippen LogP contribution in [0.25, 0.3) is 11.8 Å². The summed E-state index contributed by atoms with van der Waals surface area (Å²) < 4.78 is 56.6. The molecule has 0 saturated carbocycles. The van der Waals surface area contributed by atoms with Crippen LogP contribution >= 0.6 is 92.8 Å². The Bertz CT molecular complexity index is 4920. The van der Waals surface area contributed by atoms with Gasteiger partial charge in [0.1, 0.15) is 76.0 Å². The molecule has 37 heteroatoms. The number of hydrogen-bond donors (Lipinski definition) is 7. The van der Waals surface area contributed by atoms with Gasteiger partial charge in [-0.05, 0) is 231 Å². The molecule has 8 aromatic carbocycles. The Labute approximate surface area is 836 Å². The molecule has 0 aliphatic rings. The first-order valence-corrected chi connectivity index (χ1v) is 45.6. The molecule has 136 heavy (non-hydrogen) atoms. The topological polar surface area (TPSA) is 464 Å². The first-order chi connectivity index (χ1) is 64.6. The van der Waals surface area contributed by atoms with E-state index in [1.807, 2.05) is 69.3 Å². The summed E-state index contributed by atoms with van der Waals surface area (Å²) in [6, 6.07) is 49.2. The Kier molecular flexibility index (Phi) is 70.4. The minimum Gasteiger partial charge on any atom is -0.677 e.